The molecule has 1 aliphatic rings. The van der Waals surface area contributed by atoms with Crippen molar-refractivity contribution in [2.24, 2.45) is 5.41 Å². The van der Waals surface area contributed by atoms with Crippen LogP contribution in [-0.4, -0.2) is 26.4 Å². The van der Waals surface area contributed by atoms with Gasteiger partial charge in [-0.15, -0.1) is 0 Å². The molecule has 0 saturated carbocycles. The van der Waals surface area contributed by atoms with Crippen LogP contribution < -0.4 is 0 Å². The Morgan fingerprint density at radius 1 is 1.62 bits per heavy atom. The molecule has 0 fully saturated rings. The molecule has 0 aromatic heterocycles. The molecule has 0 bridgehead atoms. The van der Waals surface area contributed by atoms with Gasteiger partial charge in [-0.2, -0.15) is 0 Å². The molecule has 1 aliphatic heterocycles. The van der Waals surface area contributed by atoms with Crippen molar-refractivity contribution in [3.05, 3.63) is 11.6 Å². The van der Waals surface area contributed by atoms with Gasteiger partial charge in [0.25, 0.3) is 0 Å². The van der Waals surface area contributed by atoms with Gasteiger partial charge in [0.1, 0.15) is 0 Å². The maximum atomic E-state index is 5.71. The predicted molar refractivity (Wildman–Crippen MR) is 53.8 cm³/mol. The molecule has 0 N–H and O–H groups in total. The lowest BCUT2D eigenvalue weighted by atomic mass is 9.85. The van der Waals surface area contributed by atoms with Gasteiger partial charge in [0.15, 0.2) is 0 Å². The first-order valence-electron chi connectivity index (χ1n) is 4.84. The van der Waals surface area contributed by atoms with Crippen LogP contribution in [-0.2, 0) is 9.47 Å². The van der Waals surface area contributed by atoms with Crippen LogP contribution in [0.3, 0.4) is 0 Å². The van der Waals surface area contributed by atoms with Crippen LogP contribution in [0.5, 0.6) is 0 Å². The quantitative estimate of drug-likeness (QED) is 0.627. The first-order chi connectivity index (χ1) is 6.06. The first-order valence-corrected chi connectivity index (χ1v) is 4.84. The molecule has 1 unspecified atom stereocenters. The van der Waals surface area contributed by atoms with Crippen molar-refractivity contribution < 1.29 is 9.47 Å². The predicted octanol–water partition coefficient (Wildman–Crippen LogP) is 2.39. The van der Waals surface area contributed by atoms with Crippen molar-refractivity contribution in [2.45, 2.75) is 33.3 Å². The molecule has 1 heterocycles. The molecular weight excluding hydrogens is 164 g/mol. The molecule has 0 aromatic carbocycles. The average molecular weight is 184 g/mol. The van der Waals surface area contributed by atoms with Gasteiger partial charge in [-0.3, -0.25) is 0 Å². The summed E-state index contributed by atoms with van der Waals surface area (Å²) in [4.78, 5) is 0. The van der Waals surface area contributed by atoms with E-state index in [0.717, 1.165) is 19.6 Å². The smallest absolute Gasteiger partial charge is 0.0831 e. The van der Waals surface area contributed by atoms with E-state index in [-0.39, 0.29) is 11.5 Å². The second-order valence-electron chi connectivity index (χ2n) is 4.48. The summed E-state index contributed by atoms with van der Waals surface area (Å²) in [7, 11) is 1.74. The minimum Gasteiger partial charge on any atom is -0.384 e. The van der Waals surface area contributed by atoms with Crippen molar-refractivity contribution in [1.29, 1.82) is 0 Å². The van der Waals surface area contributed by atoms with E-state index in [0.29, 0.717) is 0 Å². The topological polar surface area (TPSA) is 18.5 Å². The third kappa shape index (κ3) is 2.82. The first kappa shape index (κ1) is 10.7. The van der Waals surface area contributed by atoms with Crippen molar-refractivity contribution in [3.63, 3.8) is 0 Å². The molecule has 0 aromatic rings. The Bertz CT molecular complexity index is 194. The Morgan fingerprint density at radius 3 is 2.85 bits per heavy atom. The second-order valence-corrected chi connectivity index (χ2v) is 4.48. The highest BCUT2D eigenvalue weighted by Crippen LogP contribution is 2.28. The van der Waals surface area contributed by atoms with Crippen molar-refractivity contribution >= 4 is 0 Å². The number of ether oxygens (including phenoxy) is 2. The Balaban J connectivity index is 2.64. The lowest BCUT2D eigenvalue weighted by molar-refractivity contribution is -0.0360. The minimum atomic E-state index is 0.0798. The molecule has 0 amide bonds. The molecule has 0 aliphatic carbocycles. The van der Waals surface area contributed by atoms with Crippen LogP contribution >= 0.6 is 0 Å². The molecule has 13 heavy (non-hydrogen) atoms. The summed E-state index contributed by atoms with van der Waals surface area (Å²) in [6.45, 7) is 8.10. The minimum absolute atomic E-state index is 0.0798. The fourth-order valence-corrected chi connectivity index (χ4v) is 1.64. The summed E-state index contributed by atoms with van der Waals surface area (Å²) >= 11 is 0. The highest BCUT2D eigenvalue weighted by Gasteiger charge is 2.30. The molecule has 2 heteroatoms. The van der Waals surface area contributed by atoms with Gasteiger partial charge < -0.3 is 9.47 Å². The van der Waals surface area contributed by atoms with Crippen LogP contribution in [0.4, 0.5) is 0 Å². The molecule has 76 valence electrons. The van der Waals surface area contributed by atoms with Gasteiger partial charge in [0.2, 0.25) is 0 Å². The zero-order valence-corrected chi connectivity index (χ0v) is 9.09. The number of hydrogen-bond donors (Lipinski definition) is 0. The standard InChI is InChI=1S/C11H20O2/c1-9-5-6-13-10(7-9)11(2,3)8-12-4/h7,10H,5-6,8H2,1-4H3. The Morgan fingerprint density at radius 2 is 2.31 bits per heavy atom. The van der Waals surface area contributed by atoms with E-state index in [1.807, 2.05) is 0 Å². The van der Waals surface area contributed by atoms with E-state index in [1.165, 1.54) is 5.57 Å². The average Bonchev–Trinajstić information content (AvgIpc) is 2.04. The number of rotatable bonds is 3. The molecule has 0 radical (unpaired) electrons. The van der Waals surface area contributed by atoms with Gasteiger partial charge >= 0.3 is 0 Å². The normalized spacial score (nSPS) is 24.3. The van der Waals surface area contributed by atoms with Gasteiger partial charge in [-0.05, 0) is 13.3 Å². The Labute approximate surface area is 80.9 Å². The fraction of sp³-hybridized carbons (Fsp3) is 0.818. The molecular formula is C11H20O2. The molecule has 0 saturated heterocycles. The van der Waals surface area contributed by atoms with E-state index in [1.54, 1.807) is 7.11 Å². The zero-order valence-electron chi connectivity index (χ0n) is 9.09. The van der Waals surface area contributed by atoms with E-state index in [9.17, 15) is 0 Å². The summed E-state index contributed by atoms with van der Waals surface area (Å²) in [5.74, 6) is 0. The monoisotopic (exact) mass is 184 g/mol. The van der Waals surface area contributed by atoms with Crippen LogP contribution in [0.1, 0.15) is 27.2 Å². The van der Waals surface area contributed by atoms with Gasteiger partial charge in [-0.1, -0.05) is 25.5 Å². The fourth-order valence-electron chi connectivity index (χ4n) is 1.64. The van der Waals surface area contributed by atoms with Gasteiger partial charge in [-0.25, -0.2) is 0 Å². The van der Waals surface area contributed by atoms with Crippen molar-refractivity contribution in [2.75, 3.05) is 20.3 Å². The highest BCUT2D eigenvalue weighted by atomic mass is 16.5. The van der Waals surface area contributed by atoms with Crippen LogP contribution in [0.15, 0.2) is 11.6 Å². The van der Waals surface area contributed by atoms with E-state index in [4.69, 9.17) is 9.47 Å². The number of methoxy groups -OCH3 is 1. The van der Waals surface area contributed by atoms with E-state index >= 15 is 0 Å². The third-order valence-electron chi connectivity index (χ3n) is 2.52. The largest absolute Gasteiger partial charge is 0.384 e. The molecule has 2 nitrogen and oxygen atoms in total. The second kappa shape index (κ2) is 4.25. The van der Waals surface area contributed by atoms with Crippen LogP contribution in [0.25, 0.3) is 0 Å². The maximum absolute atomic E-state index is 5.71. The summed E-state index contributed by atoms with van der Waals surface area (Å²) in [5.41, 5.74) is 1.51. The van der Waals surface area contributed by atoms with Crippen LogP contribution in [0.2, 0.25) is 0 Å². The molecule has 1 rings (SSSR count). The summed E-state index contributed by atoms with van der Waals surface area (Å²) in [6.07, 6.45) is 3.50. The molecule has 0 spiro atoms. The SMILES string of the molecule is COCC(C)(C)C1C=C(C)CCO1. The van der Waals surface area contributed by atoms with Crippen molar-refractivity contribution in [1.82, 2.24) is 0 Å². The number of hydrogen-bond acceptors (Lipinski definition) is 2. The third-order valence-corrected chi connectivity index (χ3v) is 2.52. The highest BCUT2D eigenvalue weighted by molar-refractivity contribution is 5.08. The zero-order chi connectivity index (χ0) is 9.90. The Kier molecular flexibility index (Phi) is 3.51. The summed E-state index contributed by atoms with van der Waals surface area (Å²) in [5, 5.41) is 0. The maximum Gasteiger partial charge on any atom is 0.0831 e. The summed E-state index contributed by atoms with van der Waals surface area (Å²) < 4.78 is 10.9. The lowest BCUT2D eigenvalue weighted by Gasteiger charge is -2.34. The summed E-state index contributed by atoms with van der Waals surface area (Å²) in [6, 6.07) is 0. The van der Waals surface area contributed by atoms with Crippen LogP contribution in [0, 0.1) is 5.41 Å². The van der Waals surface area contributed by atoms with Crippen molar-refractivity contribution in [3.8, 4) is 0 Å². The lowest BCUT2D eigenvalue weighted by Crippen LogP contribution is -2.36. The Hall–Kier alpha value is -0.340. The van der Waals surface area contributed by atoms with Gasteiger partial charge in [0, 0.05) is 12.5 Å². The molecule has 1 atom stereocenters. The van der Waals surface area contributed by atoms with E-state index < -0.39 is 0 Å². The van der Waals surface area contributed by atoms with E-state index in [2.05, 4.69) is 26.8 Å². The van der Waals surface area contributed by atoms with Gasteiger partial charge in [0.05, 0.1) is 19.3 Å².